The molecule has 0 saturated carbocycles. The lowest BCUT2D eigenvalue weighted by Gasteiger charge is -2.05. The summed E-state index contributed by atoms with van der Waals surface area (Å²) in [6.45, 7) is 2.24. The van der Waals surface area contributed by atoms with Gasteiger partial charge < -0.3 is 10.2 Å². The average molecular weight is 301 g/mol. The third kappa shape index (κ3) is 4.62. The average Bonchev–Trinajstić information content (AvgIpc) is 2.51. The predicted octanol–water partition coefficient (Wildman–Crippen LogP) is 5.06. The van der Waals surface area contributed by atoms with Crippen molar-refractivity contribution in [1.82, 2.24) is 0 Å². The highest BCUT2D eigenvalue weighted by atomic mass is 16.4. The van der Waals surface area contributed by atoms with Gasteiger partial charge in [-0.1, -0.05) is 57.9 Å². The summed E-state index contributed by atoms with van der Waals surface area (Å²) >= 11 is 0. The first-order valence-electron chi connectivity index (χ1n) is 8.53. The van der Waals surface area contributed by atoms with Gasteiger partial charge >= 0.3 is 5.63 Å². The summed E-state index contributed by atoms with van der Waals surface area (Å²) in [6.07, 6.45) is 10.9. The summed E-state index contributed by atoms with van der Waals surface area (Å²) in [7, 11) is 0. The first-order valence-corrected chi connectivity index (χ1v) is 8.53. The SMILES string of the molecule is CCCCCCCCCCc1cc2c(N)cccc2oc1=O. The number of anilines is 1. The zero-order valence-corrected chi connectivity index (χ0v) is 13.6. The molecule has 0 aliphatic rings. The van der Waals surface area contributed by atoms with Crippen LogP contribution in [0.15, 0.2) is 33.5 Å². The molecule has 0 spiro atoms. The molecule has 0 atom stereocenters. The lowest BCUT2D eigenvalue weighted by Crippen LogP contribution is -2.07. The normalized spacial score (nSPS) is 11.1. The number of hydrogen-bond donors (Lipinski definition) is 1. The van der Waals surface area contributed by atoms with E-state index in [0.717, 1.165) is 23.8 Å². The van der Waals surface area contributed by atoms with E-state index in [-0.39, 0.29) is 5.63 Å². The second-order valence-electron chi connectivity index (χ2n) is 6.04. The predicted molar refractivity (Wildman–Crippen MR) is 93.2 cm³/mol. The molecule has 1 aromatic carbocycles. The smallest absolute Gasteiger partial charge is 0.339 e. The van der Waals surface area contributed by atoms with E-state index >= 15 is 0 Å². The van der Waals surface area contributed by atoms with Gasteiger partial charge in [0.25, 0.3) is 0 Å². The number of unbranched alkanes of at least 4 members (excludes halogenated alkanes) is 7. The monoisotopic (exact) mass is 301 g/mol. The molecule has 3 nitrogen and oxygen atoms in total. The van der Waals surface area contributed by atoms with Gasteiger partial charge in [-0.05, 0) is 31.0 Å². The van der Waals surface area contributed by atoms with Crippen LogP contribution in [0.1, 0.15) is 63.9 Å². The summed E-state index contributed by atoms with van der Waals surface area (Å²) in [4.78, 5) is 12.0. The van der Waals surface area contributed by atoms with E-state index in [1.807, 2.05) is 12.1 Å². The number of aryl methyl sites for hydroxylation is 1. The van der Waals surface area contributed by atoms with Crippen LogP contribution in [0.5, 0.6) is 0 Å². The van der Waals surface area contributed by atoms with Crippen molar-refractivity contribution < 1.29 is 4.42 Å². The molecule has 2 aromatic rings. The van der Waals surface area contributed by atoms with Gasteiger partial charge in [0.2, 0.25) is 0 Å². The number of hydrogen-bond acceptors (Lipinski definition) is 3. The zero-order chi connectivity index (χ0) is 15.8. The number of nitrogens with two attached hydrogens (primary N) is 1. The molecule has 0 aliphatic carbocycles. The Morgan fingerprint density at radius 1 is 1.00 bits per heavy atom. The molecule has 0 unspecified atom stereocenters. The second kappa shape index (κ2) is 8.62. The van der Waals surface area contributed by atoms with E-state index in [1.165, 1.54) is 44.9 Å². The topological polar surface area (TPSA) is 56.2 Å². The van der Waals surface area contributed by atoms with Crippen molar-refractivity contribution in [2.45, 2.75) is 64.7 Å². The molecule has 0 radical (unpaired) electrons. The van der Waals surface area contributed by atoms with Crippen LogP contribution in [-0.4, -0.2) is 0 Å². The van der Waals surface area contributed by atoms with E-state index in [0.29, 0.717) is 11.3 Å². The molecule has 22 heavy (non-hydrogen) atoms. The first-order chi connectivity index (χ1) is 10.7. The fourth-order valence-corrected chi connectivity index (χ4v) is 2.83. The Labute approximate surface area is 132 Å². The van der Waals surface area contributed by atoms with Crippen molar-refractivity contribution in [3.63, 3.8) is 0 Å². The second-order valence-corrected chi connectivity index (χ2v) is 6.04. The highest BCUT2D eigenvalue weighted by molar-refractivity contribution is 5.88. The van der Waals surface area contributed by atoms with Crippen molar-refractivity contribution in [2.24, 2.45) is 0 Å². The third-order valence-electron chi connectivity index (χ3n) is 4.18. The van der Waals surface area contributed by atoms with Crippen LogP contribution in [0, 0.1) is 0 Å². The minimum atomic E-state index is -0.221. The molecule has 0 saturated heterocycles. The van der Waals surface area contributed by atoms with Gasteiger partial charge in [-0.2, -0.15) is 0 Å². The molecular formula is C19H27NO2. The Kier molecular flexibility index (Phi) is 6.50. The fraction of sp³-hybridized carbons (Fsp3) is 0.526. The van der Waals surface area contributed by atoms with Crippen LogP contribution >= 0.6 is 0 Å². The van der Waals surface area contributed by atoms with E-state index in [9.17, 15) is 4.79 Å². The Hall–Kier alpha value is -1.77. The molecule has 120 valence electrons. The maximum atomic E-state index is 12.0. The van der Waals surface area contributed by atoms with Crippen LogP contribution < -0.4 is 11.4 Å². The van der Waals surface area contributed by atoms with E-state index in [2.05, 4.69) is 6.92 Å². The number of fused-ring (bicyclic) bond motifs is 1. The molecule has 0 amide bonds. The van der Waals surface area contributed by atoms with Gasteiger partial charge in [0.1, 0.15) is 5.58 Å². The van der Waals surface area contributed by atoms with Crippen LogP contribution in [-0.2, 0) is 6.42 Å². The highest BCUT2D eigenvalue weighted by Crippen LogP contribution is 2.21. The van der Waals surface area contributed by atoms with Crippen molar-refractivity contribution in [2.75, 3.05) is 5.73 Å². The van der Waals surface area contributed by atoms with Gasteiger partial charge in [0.15, 0.2) is 0 Å². The Morgan fingerprint density at radius 2 is 1.68 bits per heavy atom. The quantitative estimate of drug-likeness (QED) is 0.400. The summed E-state index contributed by atoms with van der Waals surface area (Å²) < 4.78 is 5.36. The van der Waals surface area contributed by atoms with Crippen LogP contribution in [0.3, 0.4) is 0 Å². The molecule has 2 N–H and O–H groups in total. The van der Waals surface area contributed by atoms with Crippen LogP contribution in [0.25, 0.3) is 11.0 Å². The third-order valence-corrected chi connectivity index (χ3v) is 4.18. The van der Waals surface area contributed by atoms with Crippen LogP contribution in [0.2, 0.25) is 0 Å². The van der Waals surface area contributed by atoms with Crippen LogP contribution in [0.4, 0.5) is 5.69 Å². The molecule has 1 aromatic heterocycles. The van der Waals surface area contributed by atoms with Gasteiger partial charge in [-0.3, -0.25) is 0 Å². The van der Waals surface area contributed by atoms with Gasteiger partial charge in [0, 0.05) is 16.6 Å². The number of rotatable bonds is 9. The standard InChI is InChI=1S/C19H27NO2/c1-2-3-4-5-6-7-8-9-11-15-14-16-17(20)12-10-13-18(16)22-19(15)21/h10,12-14H,2-9,11,20H2,1H3. The zero-order valence-electron chi connectivity index (χ0n) is 13.6. The van der Waals surface area contributed by atoms with Crippen molar-refractivity contribution >= 4 is 16.7 Å². The maximum Gasteiger partial charge on any atom is 0.339 e. The molecule has 3 heteroatoms. The molecule has 1 heterocycles. The molecule has 0 aliphatic heterocycles. The van der Waals surface area contributed by atoms with E-state index in [4.69, 9.17) is 10.2 Å². The summed E-state index contributed by atoms with van der Waals surface area (Å²) in [5.74, 6) is 0. The largest absolute Gasteiger partial charge is 0.422 e. The first kappa shape index (κ1) is 16.6. The summed E-state index contributed by atoms with van der Waals surface area (Å²) in [5, 5.41) is 0.844. The van der Waals surface area contributed by atoms with Crippen molar-refractivity contribution in [3.05, 3.63) is 40.2 Å². The molecule has 0 fully saturated rings. The fourth-order valence-electron chi connectivity index (χ4n) is 2.83. The van der Waals surface area contributed by atoms with Gasteiger partial charge in [0.05, 0.1) is 0 Å². The summed E-state index contributed by atoms with van der Waals surface area (Å²) in [5.41, 5.74) is 7.71. The number of nitrogen functional groups attached to an aromatic ring is 1. The van der Waals surface area contributed by atoms with Gasteiger partial charge in [-0.25, -0.2) is 4.79 Å². The van der Waals surface area contributed by atoms with Crippen molar-refractivity contribution in [1.29, 1.82) is 0 Å². The Bertz CT molecular complexity index is 645. The van der Waals surface area contributed by atoms with Crippen molar-refractivity contribution in [3.8, 4) is 0 Å². The van der Waals surface area contributed by atoms with E-state index in [1.54, 1.807) is 12.1 Å². The molecule has 2 rings (SSSR count). The minimum Gasteiger partial charge on any atom is -0.422 e. The van der Waals surface area contributed by atoms with E-state index < -0.39 is 0 Å². The summed E-state index contributed by atoms with van der Waals surface area (Å²) in [6, 6.07) is 7.33. The lowest BCUT2D eigenvalue weighted by atomic mass is 10.0. The number of benzene rings is 1. The van der Waals surface area contributed by atoms with Gasteiger partial charge in [-0.15, -0.1) is 0 Å². The minimum absolute atomic E-state index is 0.221. The molecular weight excluding hydrogens is 274 g/mol. The lowest BCUT2D eigenvalue weighted by molar-refractivity contribution is 0.540. The Morgan fingerprint density at radius 3 is 2.41 bits per heavy atom. The maximum absolute atomic E-state index is 12.0. The Balaban J connectivity index is 1.83. The highest BCUT2D eigenvalue weighted by Gasteiger charge is 2.07. The molecule has 0 bridgehead atoms.